The number of anilines is 1. The number of thioether (sulfide) groups is 1. The number of nitrogen functional groups attached to an aromatic ring is 1. The van der Waals surface area contributed by atoms with Gasteiger partial charge in [-0.15, -0.1) is 11.8 Å². The maximum atomic E-state index is 13.1. The number of benzene rings is 1. The molecule has 0 saturated heterocycles. The summed E-state index contributed by atoms with van der Waals surface area (Å²) in [6.07, 6.45) is 0.789. The summed E-state index contributed by atoms with van der Waals surface area (Å²) in [4.78, 5) is 11.5. The van der Waals surface area contributed by atoms with E-state index in [1.807, 2.05) is 0 Å². The Balaban J connectivity index is 2.84. The molecule has 1 rings (SSSR count). The van der Waals surface area contributed by atoms with E-state index in [2.05, 4.69) is 0 Å². The van der Waals surface area contributed by atoms with Crippen LogP contribution in [0, 0.1) is 5.82 Å². The molecule has 0 saturated carbocycles. The Morgan fingerprint density at radius 3 is 2.88 bits per heavy atom. The quantitative estimate of drug-likeness (QED) is 0.465. The SMILES string of the molecule is COCCCSc1ccc(F)c(N)c1C(=O)O. The van der Waals surface area contributed by atoms with E-state index in [-0.39, 0.29) is 11.3 Å². The molecule has 1 aromatic carbocycles. The van der Waals surface area contributed by atoms with E-state index in [0.717, 1.165) is 6.42 Å². The van der Waals surface area contributed by atoms with Gasteiger partial charge < -0.3 is 15.6 Å². The highest BCUT2D eigenvalue weighted by atomic mass is 32.2. The molecule has 0 aliphatic carbocycles. The van der Waals surface area contributed by atoms with E-state index >= 15 is 0 Å². The third-order valence-electron chi connectivity index (χ3n) is 2.12. The minimum atomic E-state index is -1.21. The molecule has 3 N–H and O–H groups in total. The van der Waals surface area contributed by atoms with Gasteiger partial charge in [-0.2, -0.15) is 0 Å². The van der Waals surface area contributed by atoms with Crippen LogP contribution in [0.5, 0.6) is 0 Å². The number of hydrogen-bond donors (Lipinski definition) is 2. The van der Waals surface area contributed by atoms with Crippen LogP contribution in [0.15, 0.2) is 17.0 Å². The average molecular weight is 259 g/mol. The molecule has 0 bridgehead atoms. The monoisotopic (exact) mass is 259 g/mol. The number of nitrogens with two attached hydrogens (primary N) is 1. The highest BCUT2D eigenvalue weighted by Gasteiger charge is 2.17. The van der Waals surface area contributed by atoms with E-state index in [4.69, 9.17) is 15.6 Å². The second-order valence-corrected chi connectivity index (χ2v) is 4.47. The first-order valence-electron chi connectivity index (χ1n) is 5.01. The Hall–Kier alpha value is -1.27. The van der Waals surface area contributed by atoms with Crippen LogP contribution in [0.3, 0.4) is 0 Å². The molecule has 1 aromatic rings. The van der Waals surface area contributed by atoms with Crippen LogP contribution in [-0.4, -0.2) is 30.5 Å². The first-order chi connectivity index (χ1) is 8.07. The first-order valence-corrected chi connectivity index (χ1v) is 5.99. The Morgan fingerprint density at radius 1 is 1.59 bits per heavy atom. The lowest BCUT2D eigenvalue weighted by atomic mass is 10.2. The molecule has 0 aliphatic rings. The van der Waals surface area contributed by atoms with Gasteiger partial charge in [0.15, 0.2) is 0 Å². The summed E-state index contributed by atoms with van der Waals surface area (Å²) >= 11 is 1.33. The van der Waals surface area contributed by atoms with Gasteiger partial charge in [-0.25, -0.2) is 9.18 Å². The van der Waals surface area contributed by atoms with Crippen LogP contribution in [0.25, 0.3) is 0 Å². The number of rotatable bonds is 6. The van der Waals surface area contributed by atoms with Crippen LogP contribution in [-0.2, 0) is 4.74 Å². The Morgan fingerprint density at radius 2 is 2.29 bits per heavy atom. The van der Waals surface area contributed by atoms with E-state index in [1.165, 1.54) is 23.9 Å². The minimum absolute atomic E-state index is 0.160. The van der Waals surface area contributed by atoms with Crippen LogP contribution < -0.4 is 5.73 Å². The number of hydrogen-bond acceptors (Lipinski definition) is 4. The van der Waals surface area contributed by atoms with Crippen molar-refractivity contribution in [2.75, 3.05) is 25.2 Å². The summed E-state index contributed by atoms with van der Waals surface area (Å²) in [6, 6.07) is 2.62. The number of carboxylic acid groups (broad SMARTS) is 1. The summed E-state index contributed by atoms with van der Waals surface area (Å²) in [7, 11) is 1.60. The van der Waals surface area contributed by atoms with Crippen molar-refractivity contribution in [3.8, 4) is 0 Å². The molecular weight excluding hydrogens is 245 g/mol. The molecule has 0 unspecified atom stereocenters. The summed E-state index contributed by atoms with van der Waals surface area (Å²) in [6.45, 7) is 0.603. The molecule has 0 heterocycles. The Bertz CT molecular complexity index is 412. The highest BCUT2D eigenvalue weighted by molar-refractivity contribution is 7.99. The summed E-state index contributed by atoms with van der Waals surface area (Å²) in [5, 5.41) is 8.99. The van der Waals surface area contributed by atoms with Crippen LogP contribution in [0.2, 0.25) is 0 Å². The number of halogens is 1. The second kappa shape index (κ2) is 6.46. The van der Waals surface area contributed by atoms with E-state index in [0.29, 0.717) is 17.3 Å². The smallest absolute Gasteiger partial charge is 0.339 e. The van der Waals surface area contributed by atoms with Gasteiger partial charge in [0.25, 0.3) is 0 Å². The summed E-state index contributed by atoms with van der Waals surface area (Å²) in [5.41, 5.74) is 4.95. The van der Waals surface area contributed by atoms with Crippen molar-refractivity contribution >= 4 is 23.4 Å². The third kappa shape index (κ3) is 3.61. The maximum absolute atomic E-state index is 13.1. The van der Waals surface area contributed by atoms with Crippen molar-refractivity contribution in [2.45, 2.75) is 11.3 Å². The zero-order valence-corrected chi connectivity index (χ0v) is 10.2. The van der Waals surface area contributed by atoms with Gasteiger partial charge in [-0.3, -0.25) is 0 Å². The molecule has 0 atom stereocenters. The van der Waals surface area contributed by atoms with Crippen molar-refractivity contribution in [2.24, 2.45) is 0 Å². The third-order valence-corrected chi connectivity index (χ3v) is 3.26. The van der Waals surface area contributed by atoms with Crippen molar-refractivity contribution in [1.82, 2.24) is 0 Å². The van der Waals surface area contributed by atoms with Crippen LogP contribution in [0.1, 0.15) is 16.8 Å². The molecule has 0 aliphatic heterocycles. The molecule has 6 heteroatoms. The Labute approximate surface area is 103 Å². The number of carbonyl (C=O) groups is 1. The molecule has 0 aromatic heterocycles. The molecule has 0 fully saturated rings. The fraction of sp³-hybridized carbons (Fsp3) is 0.364. The van der Waals surface area contributed by atoms with Gasteiger partial charge in [0, 0.05) is 24.4 Å². The molecular formula is C11H14FNO3S. The number of aromatic carboxylic acids is 1. The van der Waals surface area contributed by atoms with E-state index in [1.54, 1.807) is 7.11 Å². The standard InChI is InChI=1S/C11H14FNO3S/c1-16-5-2-6-17-8-4-3-7(12)10(13)9(8)11(14)15/h3-4H,2,5-6,13H2,1H3,(H,14,15). The predicted molar refractivity (Wildman–Crippen MR) is 65.0 cm³/mol. The first kappa shape index (κ1) is 13.8. The molecule has 4 nitrogen and oxygen atoms in total. The minimum Gasteiger partial charge on any atom is -0.478 e. The fourth-order valence-electron chi connectivity index (χ4n) is 1.30. The zero-order chi connectivity index (χ0) is 12.8. The molecule has 17 heavy (non-hydrogen) atoms. The van der Waals surface area contributed by atoms with Gasteiger partial charge in [0.1, 0.15) is 5.82 Å². The fourth-order valence-corrected chi connectivity index (χ4v) is 2.29. The van der Waals surface area contributed by atoms with Crippen LogP contribution >= 0.6 is 11.8 Å². The lowest BCUT2D eigenvalue weighted by Gasteiger charge is -2.09. The van der Waals surface area contributed by atoms with Crippen LogP contribution in [0.4, 0.5) is 10.1 Å². The van der Waals surface area contributed by atoms with Gasteiger partial charge in [0.2, 0.25) is 0 Å². The molecule has 0 amide bonds. The topological polar surface area (TPSA) is 72.5 Å². The normalized spacial score (nSPS) is 10.5. The van der Waals surface area contributed by atoms with Gasteiger partial charge >= 0.3 is 5.97 Å². The van der Waals surface area contributed by atoms with Crippen molar-refractivity contribution < 1.29 is 19.0 Å². The largest absolute Gasteiger partial charge is 0.478 e. The second-order valence-electron chi connectivity index (χ2n) is 3.33. The zero-order valence-electron chi connectivity index (χ0n) is 9.40. The predicted octanol–water partition coefficient (Wildman–Crippen LogP) is 2.23. The van der Waals surface area contributed by atoms with Crippen molar-refractivity contribution in [3.63, 3.8) is 0 Å². The molecule has 94 valence electrons. The highest BCUT2D eigenvalue weighted by Crippen LogP contribution is 2.29. The molecule has 0 spiro atoms. The van der Waals surface area contributed by atoms with Gasteiger partial charge in [0.05, 0.1) is 11.3 Å². The number of ether oxygens (including phenoxy) is 1. The summed E-state index contributed by atoms with van der Waals surface area (Å²) < 4.78 is 18.0. The van der Waals surface area contributed by atoms with Crippen molar-refractivity contribution in [3.05, 3.63) is 23.5 Å². The van der Waals surface area contributed by atoms with Gasteiger partial charge in [-0.05, 0) is 18.6 Å². The van der Waals surface area contributed by atoms with E-state index < -0.39 is 11.8 Å². The lowest BCUT2D eigenvalue weighted by Crippen LogP contribution is -2.07. The lowest BCUT2D eigenvalue weighted by molar-refractivity contribution is 0.0694. The van der Waals surface area contributed by atoms with Crippen molar-refractivity contribution in [1.29, 1.82) is 0 Å². The molecule has 0 radical (unpaired) electrons. The number of carboxylic acids is 1. The number of methoxy groups -OCH3 is 1. The summed E-state index contributed by atoms with van der Waals surface area (Å²) in [5.74, 6) is -1.22. The van der Waals surface area contributed by atoms with E-state index in [9.17, 15) is 9.18 Å². The maximum Gasteiger partial charge on any atom is 0.339 e. The van der Waals surface area contributed by atoms with Gasteiger partial charge in [-0.1, -0.05) is 0 Å². The Kier molecular flexibility index (Phi) is 5.24. The average Bonchev–Trinajstić information content (AvgIpc) is 2.28.